The van der Waals surface area contributed by atoms with Crippen molar-refractivity contribution < 1.29 is 5.11 Å². The van der Waals surface area contributed by atoms with Gasteiger partial charge >= 0.3 is 0 Å². The van der Waals surface area contributed by atoms with Crippen molar-refractivity contribution in [2.45, 2.75) is 33.3 Å². The highest BCUT2D eigenvalue weighted by Gasteiger charge is 2.17. The molecule has 1 atom stereocenters. The molecule has 0 radical (unpaired) electrons. The van der Waals surface area contributed by atoms with Gasteiger partial charge in [-0.2, -0.15) is 11.3 Å². The maximum atomic E-state index is 9.75. The van der Waals surface area contributed by atoms with Gasteiger partial charge in [-0.05, 0) is 34.2 Å². The van der Waals surface area contributed by atoms with Gasteiger partial charge in [0.1, 0.15) is 0 Å². The standard InChI is InChI=1S/C10H16OS/c1-10(2,3)6-9(11)8-4-5-12-7-8/h4-5,7,9,11H,6H2,1-3H3. The summed E-state index contributed by atoms with van der Waals surface area (Å²) >= 11 is 1.63. The fourth-order valence-corrected chi connectivity index (χ4v) is 1.87. The molecule has 1 nitrogen and oxygen atoms in total. The van der Waals surface area contributed by atoms with E-state index in [9.17, 15) is 5.11 Å². The summed E-state index contributed by atoms with van der Waals surface area (Å²) in [6.07, 6.45) is 0.528. The third-order valence-corrected chi connectivity index (χ3v) is 2.44. The summed E-state index contributed by atoms with van der Waals surface area (Å²) in [5, 5.41) is 13.8. The maximum absolute atomic E-state index is 9.75. The number of hydrogen-bond donors (Lipinski definition) is 1. The first-order chi connectivity index (χ1) is 5.49. The number of aliphatic hydroxyl groups excluding tert-OH is 1. The van der Waals surface area contributed by atoms with Gasteiger partial charge in [0.2, 0.25) is 0 Å². The summed E-state index contributed by atoms with van der Waals surface area (Å²) in [6, 6.07) is 1.99. The Morgan fingerprint density at radius 3 is 2.58 bits per heavy atom. The average Bonchev–Trinajstić information content (AvgIpc) is 2.32. The van der Waals surface area contributed by atoms with Crippen molar-refractivity contribution in [1.82, 2.24) is 0 Å². The average molecular weight is 184 g/mol. The Labute approximate surface area is 78.1 Å². The molecule has 0 aromatic carbocycles. The lowest BCUT2D eigenvalue weighted by Gasteiger charge is -2.21. The second kappa shape index (κ2) is 3.58. The zero-order valence-electron chi connectivity index (χ0n) is 7.87. The predicted octanol–water partition coefficient (Wildman–Crippen LogP) is 3.22. The Hall–Kier alpha value is -0.340. The van der Waals surface area contributed by atoms with Gasteiger partial charge in [0.05, 0.1) is 6.10 Å². The first-order valence-electron chi connectivity index (χ1n) is 4.19. The smallest absolute Gasteiger partial charge is 0.0803 e. The van der Waals surface area contributed by atoms with Crippen molar-refractivity contribution in [3.8, 4) is 0 Å². The lowest BCUT2D eigenvalue weighted by molar-refractivity contribution is 0.123. The van der Waals surface area contributed by atoms with Crippen LogP contribution in [0.2, 0.25) is 0 Å². The van der Waals surface area contributed by atoms with Crippen LogP contribution in [-0.2, 0) is 0 Å². The van der Waals surface area contributed by atoms with Gasteiger partial charge in [-0.3, -0.25) is 0 Å². The zero-order chi connectivity index (χ0) is 9.19. The van der Waals surface area contributed by atoms with Crippen LogP contribution in [0, 0.1) is 5.41 Å². The van der Waals surface area contributed by atoms with Gasteiger partial charge < -0.3 is 5.11 Å². The first-order valence-corrected chi connectivity index (χ1v) is 5.13. The molecule has 68 valence electrons. The molecule has 0 aliphatic rings. The molecule has 1 heterocycles. The first kappa shape index (κ1) is 9.75. The number of thiophene rings is 1. The Morgan fingerprint density at radius 2 is 2.17 bits per heavy atom. The Morgan fingerprint density at radius 1 is 1.50 bits per heavy atom. The van der Waals surface area contributed by atoms with Crippen LogP contribution in [0.4, 0.5) is 0 Å². The van der Waals surface area contributed by atoms with E-state index in [1.54, 1.807) is 11.3 Å². The third kappa shape index (κ3) is 2.95. The van der Waals surface area contributed by atoms with Gasteiger partial charge in [-0.1, -0.05) is 20.8 Å². The van der Waals surface area contributed by atoms with Gasteiger partial charge in [0, 0.05) is 0 Å². The van der Waals surface area contributed by atoms with Crippen LogP contribution >= 0.6 is 11.3 Å². The molecule has 0 amide bonds. The summed E-state index contributed by atoms with van der Waals surface area (Å²) in [7, 11) is 0. The number of aliphatic hydroxyl groups is 1. The molecule has 1 aromatic heterocycles. The molecule has 1 rings (SSSR count). The van der Waals surface area contributed by atoms with E-state index in [0.29, 0.717) is 0 Å². The van der Waals surface area contributed by atoms with E-state index in [2.05, 4.69) is 20.8 Å². The monoisotopic (exact) mass is 184 g/mol. The maximum Gasteiger partial charge on any atom is 0.0803 e. The van der Waals surface area contributed by atoms with Crippen LogP contribution in [-0.4, -0.2) is 5.11 Å². The van der Waals surface area contributed by atoms with Crippen LogP contribution < -0.4 is 0 Å². The van der Waals surface area contributed by atoms with Crippen molar-refractivity contribution in [2.24, 2.45) is 5.41 Å². The van der Waals surface area contributed by atoms with E-state index in [4.69, 9.17) is 0 Å². The SMILES string of the molecule is CC(C)(C)CC(O)c1ccsc1. The summed E-state index contributed by atoms with van der Waals surface area (Å²) < 4.78 is 0. The summed E-state index contributed by atoms with van der Waals surface area (Å²) in [5.74, 6) is 0. The Bertz CT molecular complexity index is 220. The molecule has 0 saturated carbocycles. The zero-order valence-corrected chi connectivity index (χ0v) is 8.69. The summed E-state index contributed by atoms with van der Waals surface area (Å²) in [5.41, 5.74) is 1.25. The highest BCUT2D eigenvalue weighted by atomic mass is 32.1. The molecular weight excluding hydrogens is 168 g/mol. The van der Waals surface area contributed by atoms with E-state index < -0.39 is 0 Å². The molecule has 0 fully saturated rings. The van der Waals surface area contributed by atoms with Crippen molar-refractivity contribution in [1.29, 1.82) is 0 Å². The number of hydrogen-bond acceptors (Lipinski definition) is 2. The molecule has 2 heteroatoms. The summed E-state index contributed by atoms with van der Waals surface area (Å²) in [6.45, 7) is 6.42. The van der Waals surface area contributed by atoms with E-state index in [1.807, 2.05) is 16.8 Å². The molecule has 1 unspecified atom stereocenters. The molecule has 1 aromatic rings. The van der Waals surface area contributed by atoms with Crippen LogP contribution in [0.25, 0.3) is 0 Å². The Kier molecular flexibility index (Phi) is 2.91. The Balaban J connectivity index is 2.56. The van der Waals surface area contributed by atoms with Crippen molar-refractivity contribution >= 4 is 11.3 Å². The molecule has 0 saturated heterocycles. The molecule has 0 spiro atoms. The largest absolute Gasteiger partial charge is 0.388 e. The molecule has 12 heavy (non-hydrogen) atoms. The van der Waals surface area contributed by atoms with Crippen molar-refractivity contribution in [2.75, 3.05) is 0 Å². The molecule has 0 bridgehead atoms. The second-order valence-electron chi connectivity index (χ2n) is 4.34. The van der Waals surface area contributed by atoms with Crippen molar-refractivity contribution in [3.63, 3.8) is 0 Å². The van der Waals surface area contributed by atoms with Gasteiger partial charge in [-0.15, -0.1) is 0 Å². The normalized spacial score (nSPS) is 14.7. The lowest BCUT2D eigenvalue weighted by Crippen LogP contribution is -2.10. The van der Waals surface area contributed by atoms with E-state index in [1.165, 1.54) is 0 Å². The van der Waals surface area contributed by atoms with E-state index in [-0.39, 0.29) is 11.5 Å². The minimum Gasteiger partial charge on any atom is -0.388 e. The topological polar surface area (TPSA) is 20.2 Å². The lowest BCUT2D eigenvalue weighted by atomic mass is 9.87. The van der Waals surface area contributed by atoms with Gasteiger partial charge in [-0.25, -0.2) is 0 Å². The van der Waals surface area contributed by atoms with Gasteiger partial charge in [0.15, 0.2) is 0 Å². The fraction of sp³-hybridized carbons (Fsp3) is 0.600. The van der Waals surface area contributed by atoms with E-state index in [0.717, 1.165) is 12.0 Å². The number of rotatable bonds is 2. The molecule has 0 aliphatic heterocycles. The molecule has 1 N–H and O–H groups in total. The summed E-state index contributed by atoms with van der Waals surface area (Å²) in [4.78, 5) is 0. The van der Waals surface area contributed by atoms with Crippen LogP contribution in [0.5, 0.6) is 0 Å². The second-order valence-corrected chi connectivity index (χ2v) is 5.12. The third-order valence-electron chi connectivity index (χ3n) is 1.73. The van der Waals surface area contributed by atoms with Crippen LogP contribution in [0.1, 0.15) is 38.9 Å². The minimum absolute atomic E-state index is 0.196. The quantitative estimate of drug-likeness (QED) is 0.748. The van der Waals surface area contributed by atoms with Gasteiger partial charge in [0.25, 0.3) is 0 Å². The highest BCUT2D eigenvalue weighted by molar-refractivity contribution is 7.07. The van der Waals surface area contributed by atoms with E-state index >= 15 is 0 Å². The fourth-order valence-electron chi connectivity index (χ4n) is 1.16. The molecular formula is C10H16OS. The molecule has 0 aliphatic carbocycles. The van der Waals surface area contributed by atoms with Crippen LogP contribution in [0.15, 0.2) is 16.8 Å². The predicted molar refractivity (Wildman–Crippen MR) is 53.4 cm³/mol. The minimum atomic E-state index is -0.295. The highest BCUT2D eigenvalue weighted by Crippen LogP contribution is 2.29. The van der Waals surface area contributed by atoms with Crippen LogP contribution in [0.3, 0.4) is 0 Å². The van der Waals surface area contributed by atoms with Crippen molar-refractivity contribution in [3.05, 3.63) is 22.4 Å².